The fourth-order valence-electron chi connectivity index (χ4n) is 2.39. The maximum absolute atomic E-state index is 11.8. The number of hydrogen-bond donors (Lipinski definition) is 4. The zero-order valence-corrected chi connectivity index (χ0v) is 17.1. The number of carbonyl (C=O) groups is 3. The SMILES string of the molecule is CSc1nc(NC(CC(N)=O)C(=O)O)c([N+](=O)[O-])c(Oc2cc(C#N)ccc2C(N)=O)n1. The molecule has 2 amide bonds. The Hall–Kier alpha value is -4.45. The highest BCUT2D eigenvalue weighted by atomic mass is 32.2. The number of hydrogen-bond acceptors (Lipinski definition) is 11. The van der Waals surface area contributed by atoms with Gasteiger partial charge in [0.1, 0.15) is 11.8 Å². The first kappa shape index (κ1) is 23.8. The van der Waals surface area contributed by atoms with Gasteiger partial charge in [0.2, 0.25) is 11.7 Å². The maximum Gasteiger partial charge on any atom is 0.373 e. The summed E-state index contributed by atoms with van der Waals surface area (Å²) in [6.45, 7) is 0. The van der Waals surface area contributed by atoms with Crippen LogP contribution in [0.25, 0.3) is 0 Å². The number of nitrogens with one attached hydrogen (secondary N) is 1. The van der Waals surface area contributed by atoms with E-state index in [0.717, 1.165) is 17.8 Å². The second kappa shape index (κ2) is 10.0. The van der Waals surface area contributed by atoms with Crippen molar-refractivity contribution in [1.29, 1.82) is 5.26 Å². The van der Waals surface area contributed by atoms with Crippen molar-refractivity contribution in [2.75, 3.05) is 11.6 Å². The van der Waals surface area contributed by atoms with Gasteiger partial charge in [0.25, 0.3) is 5.91 Å². The minimum absolute atomic E-state index is 0.0617. The molecule has 0 aliphatic heterocycles. The second-order valence-corrected chi connectivity index (χ2v) is 6.74. The minimum atomic E-state index is -1.63. The Bertz CT molecular complexity index is 1150. The van der Waals surface area contributed by atoms with Crippen molar-refractivity contribution < 1.29 is 29.2 Å². The average molecular weight is 461 g/mol. The topological polar surface area (TPSA) is 237 Å². The van der Waals surface area contributed by atoms with E-state index in [0.29, 0.717) is 0 Å². The van der Waals surface area contributed by atoms with Crippen LogP contribution in [0.1, 0.15) is 22.3 Å². The van der Waals surface area contributed by atoms with Crippen molar-refractivity contribution in [1.82, 2.24) is 9.97 Å². The Morgan fingerprint density at radius 1 is 1.38 bits per heavy atom. The number of carboxylic acids is 1. The number of amides is 2. The number of nitriles is 1. The molecule has 32 heavy (non-hydrogen) atoms. The number of anilines is 1. The van der Waals surface area contributed by atoms with Crippen LogP contribution in [0.5, 0.6) is 11.6 Å². The number of nitro groups is 1. The molecule has 0 saturated carbocycles. The fourth-order valence-corrected chi connectivity index (χ4v) is 2.75. The van der Waals surface area contributed by atoms with Crippen LogP contribution in [0.15, 0.2) is 23.4 Å². The number of thioether (sulfide) groups is 1. The summed E-state index contributed by atoms with van der Waals surface area (Å²) in [6, 6.07) is 3.81. The molecule has 0 aliphatic carbocycles. The molecule has 1 heterocycles. The monoisotopic (exact) mass is 461 g/mol. The molecule has 15 heteroatoms. The van der Waals surface area contributed by atoms with Crippen LogP contribution < -0.4 is 21.5 Å². The molecule has 2 rings (SSSR count). The number of aliphatic carboxylic acids is 1. The summed E-state index contributed by atoms with van der Waals surface area (Å²) in [5, 5.41) is 32.4. The van der Waals surface area contributed by atoms with E-state index in [1.54, 1.807) is 0 Å². The van der Waals surface area contributed by atoms with Gasteiger partial charge in [0, 0.05) is 0 Å². The summed E-state index contributed by atoms with van der Waals surface area (Å²) >= 11 is 0.948. The first-order valence-electron chi connectivity index (χ1n) is 8.47. The number of aromatic nitrogens is 2. The van der Waals surface area contributed by atoms with Crippen LogP contribution in [0.4, 0.5) is 11.5 Å². The van der Waals surface area contributed by atoms with E-state index in [1.165, 1.54) is 18.4 Å². The second-order valence-electron chi connectivity index (χ2n) is 5.96. The molecule has 0 spiro atoms. The molecule has 0 saturated heterocycles. The van der Waals surface area contributed by atoms with Gasteiger partial charge in [-0.3, -0.25) is 19.7 Å². The predicted octanol–water partition coefficient (Wildman–Crippen LogP) is 0.610. The Morgan fingerprint density at radius 2 is 2.06 bits per heavy atom. The zero-order valence-electron chi connectivity index (χ0n) is 16.3. The fraction of sp³-hybridized carbons (Fsp3) is 0.176. The number of carbonyl (C=O) groups excluding carboxylic acids is 2. The third-order valence-corrected chi connectivity index (χ3v) is 4.34. The van der Waals surface area contributed by atoms with E-state index in [9.17, 15) is 29.6 Å². The highest BCUT2D eigenvalue weighted by Crippen LogP contribution is 2.38. The van der Waals surface area contributed by atoms with E-state index >= 15 is 0 Å². The lowest BCUT2D eigenvalue weighted by molar-refractivity contribution is -0.385. The number of benzene rings is 1. The quantitative estimate of drug-likeness (QED) is 0.165. The zero-order chi connectivity index (χ0) is 24.0. The molecule has 6 N–H and O–H groups in total. The Balaban J connectivity index is 2.66. The molecule has 0 bridgehead atoms. The van der Waals surface area contributed by atoms with Gasteiger partial charge in [-0.15, -0.1) is 0 Å². The minimum Gasteiger partial charge on any atom is -0.480 e. The van der Waals surface area contributed by atoms with Gasteiger partial charge in [-0.1, -0.05) is 11.8 Å². The van der Waals surface area contributed by atoms with Crippen molar-refractivity contribution >= 4 is 41.1 Å². The number of carboxylic acid groups (broad SMARTS) is 1. The van der Waals surface area contributed by atoms with Crippen LogP contribution in [0, 0.1) is 21.4 Å². The van der Waals surface area contributed by atoms with Crippen molar-refractivity contribution in [3.8, 4) is 17.7 Å². The van der Waals surface area contributed by atoms with Gasteiger partial charge >= 0.3 is 17.5 Å². The number of nitrogens with zero attached hydrogens (tertiary/aromatic N) is 4. The van der Waals surface area contributed by atoms with Crippen molar-refractivity contribution in [3.05, 3.63) is 39.4 Å². The van der Waals surface area contributed by atoms with Crippen LogP contribution in [0.3, 0.4) is 0 Å². The molecule has 0 fully saturated rings. The van der Waals surface area contributed by atoms with Crippen LogP contribution in [-0.2, 0) is 9.59 Å². The lowest BCUT2D eigenvalue weighted by Crippen LogP contribution is -2.34. The molecule has 1 aromatic carbocycles. The average Bonchev–Trinajstić information content (AvgIpc) is 2.71. The smallest absolute Gasteiger partial charge is 0.373 e. The lowest BCUT2D eigenvalue weighted by atomic mass is 10.1. The standard InChI is InChI=1S/C17H15N7O7S/c1-32-17-22-14(21-9(16(27)28)5-11(19)25)12(24(29)30)15(23-17)31-10-4-7(6-18)2-3-8(10)13(20)26/h2-4,9H,5H2,1H3,(H2,19,25)(H2,20,26)(H,27,28)(H,21,22,23). The molecule has 2 aromatic rings. The van der Waals surface area contributed by atoms with E-state index in [1.807, 2.05) is 6.07 Å². The molecule has 166 valence electrons. The molecular weight excluding hydrogens is 446 g/mol. The largest absolute Gasteiger partial charge is 0.480 e. The highest BCUT2D eigenvalue weighted by molar-refractivity contribution is 7.98. The molecule has 14 nitrogen and oxygen atoms in total. The van der Waals surface area contributed by atoms with Gasteiger partial charge in [-0.05, 0) is 24.5 Å². The van der Waals surface area contributed by atoms with E-state index < -0.39 is 52.6 Å². The van der Waals surface area contributed by atoms with E-state index in [-0.39, 0.29) is 22.0 Å². The van der Waals surface area contributed by atoms with E-state index in [2.05, 4.69) is 15.3 Å². The van der Waals surface area contributed by atoms with Gasteiger partial charge in [-0.25, -0.2) is 4.79 Å². The summed E-state index contributed by atoms with van der Waals surface area (Å²) in [4.78, 5) is 52.9. The number of rotatable bonds is 10. The first-order valence-corrected chi connectivity index (χ1v) is 9.69. The van der Waals surface area contributed by atoms with Crippen molar-refractivity contribution in [2.24, 2.45) is 11.5 Å². The third kappa shape index (κ3) is 5.58. The van der Waals surface area contributed by atoms with Gasteiger partial charge in [-0.2, -0.15) is 15.2 Å². The van der Waals surface area contributed by atoms with Crippen LogP contribution in [0.2, 0.25) is 0 Å². The third-order valence-electron chi connectivity index (χ3n) is 3.79. The highest BCUT2D eigenvalue weighted by Gasteiger charge is 2.31. The van der Waals surface area contributed by atoms with Crippen LogP contribution >= 0.6 is 11.8 Å². The van der Waals surface area contributed by atoms with Crippen molar-refractivity contribution in [3.63, 3.8) is 0 Å². The number of nitrogens with two attached hydrogens (primary N) is 2. The predicted molar refractivity (Wildman–Crippen MR) is 109 cm³/mol. The normalized spacial score (nSPS) is 11.1. The molecule has 1 atom stereocenters. The summed E-state index contributed by atoms with van der Waals surface area (Å²) < 4.78 is 5.47. The van der Waals surface area contributed by atoms with Crippen LogP contribution in [-0.4, -0.2) is 50.1 Å². The van der Waals surface area contributed by atoms with Crippen molar-refractivity contribution in [2.45, 2.75) is 17.6 Å². The Morgan fingerprint density at radius 3 is 2.56 bits per heavy atom. The lowest BCUT2D eigenvalue weighted by Gasteiger charge is -2.16. The molecule has 1 unspecified atom stereocenters. The summed E-state index contributed by atoms with van der Waals surface area (Å²) in [6.07, 6.45) is 0.856. The van der Waals surface area contributed by atoms with Gasteiger partial charge in [0.05, 0.1) is 28.5 Å². The molecule has 0 radical (unpaired) electrons. The van der Waals surface area contributed by atoms with E-state index in [4.69, 9.17) is 21.5 Å². The Kier molecular flexibility index (Phi) is 7.47. The summed E-state index contributed by atoms with van der Waals surface area (Å²) in [7, 11) is 0. The first-order chi connectivity index (χ1) is 15.1. The molecule has 0 aliphatic rings. The summed E-state index contributed by atoms with van der Waals surface area (Å²) in [5.74, 6) is -4.92. The molecule has 1 aromatic heterocycles. The molecular formula is C17H15N7O7S. The number of primary amides is 2. The maximum atomic E-state index is 11.8. The van der Waals surface area contributed by atoms with Gasteiger partial charge < -0.3 is 26.6 Å². The summed E-state index contributed by atoms with van der Waals surface area (Å²) in [5.41, 5.74) is 9.33. The van der Waals surface area contributed by atoms with Gasteiger partial charge in [0.15, 0.2) is 5.16 Å². The Labute approximate surface area is 183 Å². The number of ether oxygens (including phenoxy) is 1.